The Morgan fingerprint density at radius 1 is 1.47 bits per heavy atom. The summed E-state index contributed by atoms with van der Waals surface area (Å²) in [5, 5.41) is 3.40. The van der Waals surface area contributed by atoms with Crippen LogP contribution in [0.3, 0.4) is 0 Å². The van der Waals surface area contributed by atoms with Crippen molar-refractivity contribution in [3.63, 3.8) is 0 Å². The summed E-state index contributed by atoms with van der Waals surface area (Å²) in [6.07, 6.45) is 7.11. The number of hydrogen-bond donors (Lipinski definition) is 1. The molecule has 1 atom stereocenters. The van der Waals surface area contributed by atoms with E-state index >= 15 is 0 Å². The monoisotopic (exact) mass is 202 g/mol. The zero-order chi connectivity index (χ0) is 10.5. The van der Waals surface area contributed by atoms with Gasteiger partial charge in [0, 0.05) is 30.5 Å². The van der Waals surface area contributed by atoms with Crippen molar-refractivity contribution < 1.29 is 4.42 Å². The minimum atomic E-state index is 0.300. The van der Waals surface area contributed by atoms with Gasteiger partial charge in [-0.2, -0.15) is 0 Å². The van der Waals surface area contributed by atoms with Gasteiger partial charge in [0.2, 0.25) is 0 Å². The Labute approximate surface area is 89.1 Å². The molecule has 0 aromatic carbocycles. The molecule has 2 rings (SSSR count). The number of rotatable bonds is 4. The van der Waals surface area contributed by atoms with E-state index in [2.05, 4.69) is 23.3 Å². The molecule has 2 heterocycles. The van der Waals surface area contributed by atoms with Crippen LogP contribution in [0.2, 0.25) is 0 Å². The molecule has 0 aliphatic carbocycles. The van der Waals surface area contributed by atoms with Gasteiger partial charge in [-0.25, -0.2) is 0 Å². The van der Waals surface area contributed by atoms with Gasteiger partial charge in [0.05, 0.1) is 12.5 Å². The van der Waals surface area contributed by atoms with Crippen molar-refractivity contribution in [3.8, 4) is 0 Å². The largest absolute Gasteiger partial charge is 0.472 e. The van der Waals surface area contributed by atoms with Crippen LogP contribution in [-0.2, 0) is 6.54 Å². The van der Waals surface area contributed by atoms with Crippen molar-refractivity contribution in [2.45, 2.75) is 19.5 Å². The lowest BCUT2D eigenvalue weighted by molar-refractivity contribution is 0.546. The first-order valence-corrected chi connectivity index (χ1v) is 5.00. The average Bonchev–Trinajstić information content (AvgIpc) is 2.80. The molecule has 78 valence electrons. The Morgan fingerprint density at radius 2 is 2.40 bits per heavy atom. The van der Waals surface area contributed by atoms with Gasteiger partial charge >= 0.3 is 0 Å². The molecular formula is C12H14N2O. The predicted molar refractivity (Wildman–Crippen MR) is 58.2 cm³/mol. The van der Waals surface area contributed by atoms with Crippen molar-refractivity contribution >= 4 is 0 Å². The molecule has 0 aliphatic heterocycles. The molecule has 2 aromatic heterocycles. The van der Waals surface area contributed by atoms with Crippen LogP contribution in [0, 0.1) is 0 Å². The molecule has 1 unspecified atom stereocenters. The first-order valence-electron chi connectivity index (χ1n) is 5.00. The lowest BCUT2D eigenvalue weighted by Crippen LogP contribution is -2.17. The Hall–Kier alpha value is -1.61. The van der Waals surface area contributed by atoms with Crippen molar-refractivity contribution in [3.05, 3.63) is 54.2 Å². The van der Waals surface area contributed by atoms with E-state index in [9.17, 15) is 0 Å². The second kappa shape index (κ2) is 4.75. The lowest BCUT2D eigenvalue weighted by atomic mass is 10.1. The Morgan fingerprint density at radius 3 is 3.07 bits per heavy atom. The third kappa shape index (κ3) is 2.67. The van der Waals surface area contributed by atoms with Crippen molar-refractivity contribution in [2.24, 2.45) is 0 Å². The van der Waals surface area contributed by atoms with Gasteiger partial charge in [0.1, 0.15) is 0 Å². The van der Waals surface area contributed by atoms with E-state index < -0.39 is 0 Å². The van der Waals surface area contributed by atoms with E-state index in [0.29, 0.717) is 6.04 Å². The summed E-state index contributed by atoms with van der Waals surface area (Å²) in [4.78, 5) is 4.09. The Bertz CT molecular complexity index is 383. The molecular weight excluding hydrogens is 188 g/mol. The van der Waals surface area contributed by atoms with Crippen LogP contribution in [0.25, 0.3) is 0 Å². The minimum absolute atomic E-state index is 0.300. The summed E-state index contributed by atoms with van der Waals surface area (Å²) in [5.74, 6) is 0. The fourth-order valence-corrected chi connectivity index (χ4v) is 1.41. The highest BCUT2D eigenvalue weighted by molar-refractivity contribution is 5.13. The van der Waals surface area contributed by atoms with Gasteiger partial charge in [0.25, 0.3) is 0 Å². The summed E-state index contributed by atoms with van der Waals surface area (Å²) in [7, 11) is 0. The second-order valence-corrected chi connectivity index (χ2v) is 3.52. The summed E-state index contributed by atoms with van der Waals surface area (Å²) in [6.45, 7) is 2.93. The Balaban J connectivity index is 1.90. The normalized spacial score (nSPS) is 12.6. The van der Waals surface area contributed by atoms with Crippen LogP contribution in [0.5, 0.6) is 0 Å². The zero-order valence-corrected chi connectivity index (χ0v) is 8.68. The molecule has 3 heteroatoms. The first kappa shape index (κ1) is 9.93. The van der Waals surface area contributed by atoms with Crippen LogP contribution >= 0.6 is 0 Å². The van der Waals surface area contributed by atoms with E-state index in [1.54, 1.807) is 18.7 Å². The minimum Gasteiger partial charge on any atom is -0.472 e. The highest BCUT2D eigenvalue weighted by atomic mass is 16.3. The van der Waals surface area contributed by atoms with Crippen LogP contribution in [-0.4, -0.2) is 4.98 Å². The van der Waals surface area contributed by atoms with Gasteiger partial charge < -0.3 is 9.73 Å². The molecule has 0 aliphatic rings. The van der Waals surface area contributed by atoms with E-state index in [4.69, 9.17) is 4.42 Å². The summed E-state index contributed by atoms with van der Waals surface area (Å²) in [5.41, 5.74) is 2.35. The number of aromatic nitrogens is 1. The summed E-state index contributed by atoms with van der Waals surface area (Å²) < 4.78 is 5.00. The predicted octanol–water partition coefficient (Wildman–Crippen LogP) is 2.53. The maximum atomic E-state index is 5.00. The van der Waals surface area contributed by atoms with Crippen LogP contribution in [0.1, 0.15) is 24.1 Å². The van der Waals surface area contributed by atoms with E-state index in [1.807, 2.05) is 18.3 Å². The summed E-state index contributed by atoms with van der Waals surface area (Å²) in [6, 6.07) is 6.28. The zero-order valence-electron chi connectivity index (χ0n) is 8.68. The second-order valence-electron chi connectivity index (χ2n) is 3.52. The SMILES string of the molecule is CC(NCc1ccoc1)c1cccnc1. The molecule has 0 saturated heterocycles. The molecule has 0 radical (unpaired) electrons. The third-order valence-electron chi connectivity index (χ3n) is 2.38. The topological polar surface area (TPSA) is 38.1 Å². The molecule has 0 amide bonds. The quantitative estimate of drug-likeness (QED) is 0.827. The maximum absolute atomic E-state index is 5.00. The number of furan rings is 1. The molecule has 0 spiro atoms. The number of nitrogens with one attached hydrogen (secondary N) is 1. The van der Waals surface area contributed by atoms with Crippen LogP contribution in [0.4, 0.5) is 0 Å². The van der Waals surface area contributed by atoms with E-state index in [-0.39, 0.29) is 0 Å². The molecule has 1 N–H and O–H groups in total. The van der Waals surface area contributed by atoms with E-state index in [0.717, 1.165) is 12.1 Å². The van der Waals surface area contributed by atoms with Crippen LogP contribution < -0.4 is 5.32 Å². The van der Waals surface area contributed by atoms with Gasteiger partial charge in [-0.1, -0.05) is 6.07 Å². The smallest absolute Gasteiger partial charge is 0.0947 e. The first-order chi connectivity index (χ1) is 7.36. The van der Waals surface area contributed by atoms with Gasteiger partial charge in [-0.3, -0.25) is 4.98 Å². The highest BCUT2D eigenvalue weighted by Crippen LogP contribution is 2.11. The molecule has 0 bridgehead atoms. The fraction of sp³-hybridized carbons (Fsp3) is 0.250. The number of pyridine rings is 1. The molecule has 0 fully saturated rings. The number of hydrogen-bond acceptors (Lipinski definition) is 3. The van der Waals surface area contributed by atoms with Crippen molar-refractivity contribution in [2.75, 3.05) is 0 Å². The van der Waals surface area contributed by atoms with Crippen LogP contribution in [0.15, 0.2) is 47.5 Å². The van der Waals surface area contributed by atoms with Gasteiger partial charge in [-0.15, -0.1) is 0 Å². The Kier molecular flexibility index (Phi) is 3.15. The average molecular weight is 202 g/mol. The summed E-state index contributed by atoms with van der Waals surface area (Å²) >= 11 is 0. The van der Waals surface area contributed by atoms with Crippen molar-refractivity contribution in [1.29, 1.82) is 0 Å². The standard InChI is InChI=1S/C12H14N2O/c1-10(12-3-2-5-13-8-12)14-7-11-4-6-15-9-11/h2-6,8-10,14H,7H2,1H3. The van der Waals surface area contributed by atoms with Gasteiger partial charge in [-0.05, 0) is 24.6 Å². The number of nitrogens with zero attached hydrogens (tertiary/aromatic N) is 1. The maximum Gasteiger partial charge on any atom is 0.0947 e. The molecule has 2 aromatic rings. The van der Waals surface area contributed by atoms with E-state index in [1.165, 1.54) is 5.56 Å². The van der Waals surface area contributed by atoms with Crippen molar-refractivity contribution in [1.82, 2.24) is 10.3 Å². The third-order valence-corrected chi connectivity index (χ3v) is 2.38. The molecule has 15 heavy (non-hydrogen) atoms. The molecule has 3 nitrogen and oxygen atoms in total. The van der Waals surface area contributed by atoms with Gasteiger partial charge in [0.15, 0.2) is 0 Å². The highest BCUT2D eigenvalue weighted by Gasteiger charge is 2.04. The molecule has 0 saturated carbocycles. The lowest BCUT2D eigenvalue weighted by Gasteiger charge is -2.12. The fourth-order valence-electron chi connectivity index (χ4n) is 1.41.